The van der Waals surface area contributed by atoms with E-state index in [2.05, 4.69) is 4.98 Å². The van der Waals surface area contributed by atoms with Crippen molar-refractivity contribution in [3.05, 3.63) is 53.9 Å². The lowest BCUT2D eigenvalue weighted by Crippen LogP contribution is -2.38. The van der Waals surface area contributed by atoms with E-state index < -0.39 is 0 Å². The largest absolute Gasteiger partial charge is 0.508 e. The van der Waals surface area contributed by atoms with Gasteiger partial charge in [-0.15, -0.1) is 0 Å². The van der Waals surface area contributed by atoms with E-state index in [4.69, 9.17) is 0 Å². The Morgan fingerprint density at radius 1 is 1.15 bits per heavy atom. The number of nitrogens with one attached hydrogen (secondary N) is 1. The highest BCUT2D eigenvalue weighted by atomic mass is 16.3. The fraction of sp³-hybridized carbons (Fsp3) is 0.312. The van der Waals surface area contributed by atoms with Crippen molar-refractivity contribution in [3.8, 4) is 5.75 Å². The minimum absolute atomic E-state index is 0.0826. The lowest BCUT2D eigenvalue weighted by molar-refractivity contribution is 0.0708. The third-order valence-electron chi connectivity index (χ3n) is 3.98. The molecular formula is C16H18N2O2. The van der Waals surface area contributed by atoms with E-state index in [0.29, 0.717) is 17.4 Å². The van der Waals surface area contributed by atoms with Crippen LogP contribution < -0.4 is 0 Å². The smallest absolute Gasteiger partial charge is 0.270 e. The third kappa shape index (κ3) is 2.54. The van der Waals surface area contributed by atoms with Crippen LogP contribution in [0.1, 0.15) is 34.8 Å². The van der Waals surface area contributed by atoms with E-state index in [9.17, 15) is 9.90 Å². The second-order valence-electron chi connectivity index (χ2n) is 5.24. The van der Waals surface area contributed by atoms with Gasteiger partial charge in [-0.2, -0.15) is 0 Å². The number of piperidine rings is 1. The SMILES string of the molecule is O=C(c1ccc[nH]1)N1CCC(c2ccc(O)cc2)CC1. The summed E-state index contributed by atoms with van der Waals surface area (Å²) in [6.45, 7) is 1.56. The fourth-order valence-corrected chi connectivity index (χ4v) is 2.80. The first kappa shape index (κ1) is 12.8. The van der Waals surface area contributed by atoms with Crippen molar-refractivity contribution < 1.29 is 9.90 Å². The van der Waals surface area contributed by atoms with Crippen molar-refractivity contribution in [1.29, 1.82) is 0 Å². The van der Waals surface area contributed by atoms with Gasteiger partial charge in [-0.05, 0) is 48.6 Å². The standard InChI is InChI=1S/C16H18N2O2/c19-14-5-3-12(4-6-14)13-7-10-18(11-8-13)16(20)15-2-1-9-17-15/h1-6,9,13,17,19H,7-8,10-11H2. The second kappa shape index (κ2) is 5.41. The van der Waals surface area contributed by atoms with Gasteiger partial charge >= 0.3 is 0 Å². The molecule has 1 fully saturated rings. The van der Waals surface area contributed by atoms with Crippen LogP contribution in [0.3, 0.4) is 0 Å². The molecule has 4 heteroatoms. The van der Waals surface area contributed by atoms with Gasteiger partial charge in [0.1, 0.15) is 11.4 Å². The molecule has 1 aromatic heterocycles. The Labute approximate surface area is 118 Å². The molecule has 1 aliphatic rings. The van der Waals surface area contributed by atoms with E-state index in [-0.39, 0.29) is 5.91 Å². The highest BCUT2D eigenvalue weighted by Crippen LogP contribution is 2.29. The van der Waals surface area contributed by atoms with Crippen molar-refractivity contribution in [2.45, 2.75) is 18.8 Å². The number of benzene rings is 1. The number of H-pyrrole nitrogens is 1. The molecule has 1 saturated heterocycles. The molecule has 0 saturated carbocycles. The molecule has 4 nitrogen and oxygen atoms in total. The molecule has 0 spiro atoms. The van der Waals surface area contributed by atoms with Gasteiger partial charge in [-0.3, -0.25) is 4.79 Å². The summed E-state index contributed by atoms with van der Waals surface area (Å²) in [4.78, 5) is 17.1. The molecule has 2 N–H and O–H groups in total. The number of amides is 1. The fourth-order valence-electron chi connectivity index (χ4n) is 2.80. The second-order valence-corrected chi connectivity index (χ2v) is 5.24. The zero-order valence-corrected chi connectivity index (χ0v) is 11.2. The number of carbonyl (C=O) groups is 1. The van der Waals surface area contributed by atoms with Crippen molar-refractivity contribution in [2.24, 2.45) is 0 Å². The number of aromatic hydroxyl groups is 1. The average Bonchev–Trinajstić information content (AvgIpc) is 3.02. The molecule has 0 atom stereocenters. The number of aromatic nitrogens is 1. The van der Waals surface area contributed by atoms with Crippen LogP contribution in [0.4, 0.5) is 0 Å². The van der Waals surface area contributed by atoms with E-state index in [1.807, 2.05) is 29.2 Å². The van der Waals surface area contributed by atoms with Crippen LogP contribution in [0.15, 0.2) is 42.6 Å². The topological polar surface area (TPSA) is 56.3 Å². The Kier molecular flexibility index (Phi) is 3.46. The van der Waals surface area contributed by atoms with Crippen molar-refractivity contribution in [3.63, 3.8) is 0 Å². The number of aromatic amines is 1. The molecular weight excluding hydrogens is 252 g/mol. The molecule has 104 valence electrons. The maximum atomic E-state index is 12.2. The molecule has 0 aliphatic carbocycles. The van der Waals surface area contributed by atoms with Crippen LogP contribution in [0, 0.1) is 0 Å². The summed E-state index contributed by atoms with van der Waals surface area (Å²) in [6.07, 6.45) is 3.71. The molecule has 2 aromatic rings. The number of phenolic OH excluding ortho intramolecular Hbond substituents is 1. The van der Waals surface area contributed by atoms with Crippen LogP contribution in [0.5, 0.6) is 5.75 Å². The Bertz CT molecular complexity index is 567. The van der Waals surface area contributed by atoms with Crippen LogP contribution in [0.25, 0.3) is 0 Å². The van der Waals surface area contributed by atoms with Gasteiger partial charge < -0.3 is 15.0 Å². The molecule has 1 aromatic carbocycles. The van der Waals surface area contributed by atoms with Crippen LogP contribution >= 0.6 is 0 Å². The van der Waals surface area contributed by atoms with Gasteiger partial charge in [0.15, 0.2) is 0 Å². The Hall–Kier alpha value is -2.23. The van der Waals surface area contributed by atoms with Crippen LogP contribution in [-0.2, 0) is 0 Å². The van der Waals surface area contributed by atoms with Gasteiger partial charge in [-0.1, -0.05) is 12.1 Å². The first-order chi connectivity index (χ1) is 9.74. The quantitative estimate of drug-likeness (QED) is 0.881. The lowest BCUT2D eigenvalue weighted by Gasteiger charge is -2.32. The third-order valence-corrected chi connectivity index (χ3v) is 3.98. The van der Waals surface area contributed by atoms with Gasteiger partial charge in [-0.25, -0.2) is 0 Å². The van der Waals surface area contributed by atoms with Crippen molar-refractivity contribution >= 4 is 5.91 Å². The molecule has 3 rings (SSSR count). The number of phenols is 1. The Morgan fingerprint density at radius 3 is 2.45 bits per heavy atom. The number of nitrogens with zero attached hydrogens (tertiary/aromatic N) is 1. The first-order valence-electron chi connectivity index (χ1n) is 6.95. The molecule has 20 heavy (non-hydrogen) atoms. The molecule has 2 heterocycles. The maximum Gasteiger partial charge on any atom is 0.270 e. The monoisotopic (exact) mass is 270 g/mol. The summed E-state index contributed by atoms with van der Waals surface area (Å²) >= 11 is 0. The maximum absolute atomic E-state index is 12.2. The van der Waals surface area contributed by atoms with Gasteiger partial charge in [0.2, 0.25) is 0 Å². The van der Waals surface area contributed by atoms with E-state index in [1.54, 1.807) is 18.3 Å². The highest BCUT2D eigenvalue weighted by molar-refractivity contribution is 5.92. The molecule has 0 radical (unpaired) electrons. The summed E-state index contributed by atoms with van der Waals surface area (Å²) in [5.74, 6) is 0.857. The van der Waals surface area contributed by atoms with E-state index >= 15 is 0 Å². The highest BCUT2D eigenvalue weighted by Gasteiger charge is 2.24. The summed E-state index contributed by atoms with van der Waals surface area (Å²) in [5, 5.41) is 9.32. The molecule has 0 unspecified atom stereocenters. The predicted octanol–water partition coefficient (Wildman–Crippen LogP) is 2.74. The summed E-state index contributed by atoms with van der Waals surface area (Å²) in [6, 6.07) is 11.1. The van der Waals surface area contributed by atoms with Gasteiger partial charge in [0.05, 0.1) is 0 Å². The Balaban J connectivity index is 1.62. The lowest BCUT2D eigenvalue weighted by atomic mass is 9.89. The van der Waals surface area contributed by atoms with E-state index in [0.717, 1.165) is 25.9 Å². The van der Waals surface area contributed by atoms with E-state index in [1.165, 1.54) is 5.56 Å². The number of carbonyl (C=O) groups excluding carboxylic acids is 1. The van der Waals surface area contributed by atoms with Crippen molar-refractivity contribution in [2.75, 3.05) is 13.1 Å². The van der Waals surface area contributed by atoms with Gasteiger partial charge in [0.25, 0.3) is 5.91 Å². The molecule has 1 amide bonds. The first-order valence-corrected chi connectivity index (χ1v) is 6.95. The minimum Gasteiger partial charge on any atom is -0.508 e. The summed E-state index contributed by atoms with van der Waals surface area (Å²) in [5.41, 5.74) is 1.91. The summed E-state index contributed by atoms with van der Waals surface area (Å²) in [7, 11) is 0. The zero-order valence-electron chi connectivity index (χ0n) is 11.2. The Morgan fingerprint density at radius 2 is 1.85 bits per heavy atom. The van der Waals surface area contributed by atoms with Gasteiger partial charge in [0, 0.05) is 19.3 Å². The number of hydrogen-bond acceptors (Lipinski definition) is 2. The normalized spacial score (nSPS) is 16.3. The molecule has 1 aliphatic heterocycles. The van der Waals surface area contributed by atoms with Crippen LogP contribution in [0.2, 0.25) is 0 Å². The predicted molar refractivity (Wildman–Crippen MR) is 76.8 cm³/mol. The van der Waals surface area contributed by atoms with Crippen molar-refractivity contribution in [1.82, 2.24) is 9.88 Å². The molecule has 0 bridgehead atoms. The number of hydrogen-bond donors (Lipinski definition) is 2. The minimum atomic E-state index is 0.0826. The average molecular weight is 270 g/mol. The zero-order chi connectivity index (χ0) is 13.9. The summed E-state index contributed by atoms with van der Waals surface area (Å²) < 4.78 is 0. The van der Waals surface area contributed by atoms with Crippen LogP contribution in [-0.4, -0.2) is 34.0 Å². The number of likely N-dealkylation sites (tertiary alicyclic amines) is 1. The number of rotatable bonds is 2.